The van der Waals surface area contributed by atoms with Crippen LogP contribution in [0.15, 0.2) is 60.2 Å². The maximum Gasteiger partial charge on any atom is 0.253 e. The highest BCUT2D eigenvalue weighted by Gasteiger charge is 2.19. The zero-order valence-electron chi connectivity index (χ0n) is 19.3. The van der Waals surface area contributed by atoms with Gasteiger partial charge in [0.25, 0.3) is 5.91 Å². The van der Waals surface area contributed by atoms with Gasteiger partial charge in [0.1, 0.15) is 0 Å². The summed E-state index contributed by atoms with van der Waals surface area (Å²) in [7, 11) is 1.77. The maximum atomic E-state index is 12.7. The fourth-order valence-electron chi connectivity index (χ4n) is 4.38. The van der Waals surface area contributed by atoms with Crippen LogP contribution in [0.5, 0.6) is 0 Å². The molecule has 0 spiro atoms. The Morgan fingerprint density at radius 2 is 1.48 bits per heavy atom. The minimum atomic E-state index is 0.106. The minimum absolute atomic E-state index is 0.106. The maximum absolute atomic E-state index is 12.7. The number of methoxy groups -OCH3 is 1. The molecule has 0 N–H and O–H groups in total. The monoisotopic (exact) mass is 420 g/mol. The number of hydrogen-bond acceptors (Lipinski definition) is 3. The van der Waals surface area contributed by atoms with Crippen molar-refractivity contribution in [2.75, 3.05) is 46.4 Å². The van der Waals surface area contributed by atoms with Crippen LogP contribution >= 0.6 is 0 Å². The number of rotatable bonds is 9. The van der Waals surface area contributed by atoms with Crippen molar-refractivity contribution in [3.8, 4) is 0 Å². The molecule has 0 radical (unpaired) electrons. The van der Waals surface area contributed by atoms with Crippen molar-refractivity contribution >= 4 is 11.5 Å². The molecule has 1 saturated heterocycles. The van der Waals surface area contributed by atoms with Gasteiger partial charge in [0, 0.05) is 52.0 Å². The van der Waals surface area contributed by atoms with Crippen molar-refractivity contribution in [3.63, 3.8) is 0 Å². The predicted octanol–water partition coefficient (Wildman–Crippen LogP) is 5.10. The van der Waals surface area contributed by atoms with Gasteiger partial charge in [-0.25, -0.2) is 0 Å². The van der Waals surface area contributed by atoms with Crippen molar-refractivity contribution < 1.29 is 9.53 Å². The smallest absolute Gasteiger partial charge is 0.253 e. The van der Waals surface area contributed by atoms with E-state index < -0.39 is 0 Å². The Bertz CT molecular complexity index is 845. The first-order valence-electron chi connectivity index (χ1n) is 11.6. The molecule has 0 aliphatic carbocycles. The molecule has 2 aromatic rings. The summed E-state index contributed by atoms with van der Waals surface area (Å²) < 4.78 is 5.20. The third-order valence-corrected chi connectivity index (χ3v) is 6.17. The highest BCUT2D eigenvalue weighted by Crippen LogP contribution is 2.32. The molecule has 1 heterocycles. The van der Waals surface area contributed by atoms with Crippen molar-refractivity contribution in [2.45, 2.75) is 33.1 Å². The fourth-order valence-corrected chi connectivity index (χ4v) is 4.38. The van der Waals surface area contributed by atoms with Gasteiger partial charge in [-0.1, -0.05) is 48.0 Å². The molecule has 3 rings (SSSR count). The van der Waals surface area contributed by atoms with Crippen LogP contribution in [0.4, 0.5) is 0 Å². The van der Waals surface area contributed by atoms with Gasteiger partial charge in [-0.2, -0.15) is 0 Å². The van der Waals surface area contributed by atoms with Gasteiger partial charge in [0.05, 0.1) is 0 Å². The van der Waals surface area contributed by atoms with Crippen molar-refractivity contribution in [3.05, 3.63) is 76.9 Å². The van der Waals surface area contributed by atoms with E-state index in [0.717, 1.165) is 64.2 Å². The molecule has 0 unspecified atom stereocenters. The van der Waals surface area contributed by atoms with E-state index in [2.05, 4.69) is 47.4 Å². The SMILES string of the molecule is CCN(CC)C(=O)c1ccc(C(=C2CCN(CCCOC)CC2)c2ccccc2)cc1. The normalized spacial score (nSPS) is 14.5. The number of nitrogens with zero attached hydrogens (tertiary/aromatic N) is 2. The van der Waals surface area contributed by atoms with E-state index in [-0.39, 0.29) is 5.91 Å². The molecule has 1 aliphatic rings. The summed E-state index contributed by atoms with van der Waals surface area (Å²) >= 11 is 0. The minimum Gasteiger partial charge on any atom is -0.385 e. The highest BCUT2D eigenvalue weighted by atomic mass is 16.5. The summed E-state index contributed by atoms with van der Waals surface area (Å²) in [5.41, 5.74) is 6.06. The summed E-state index contributed by atoms with van der Waals surface area (Å²) in [5.74, 6) is 0.106. The topological polar surface area (TPSA) is 32.8 Å². The first-order chi connectivity index (χ1) is 15.2. The van der Waals surface area contributed by atoms with Crippen LogP contribution in [0, 0.1) is 0 Å². The Labute approximate surface area is 187 Å². The van der Waals surface area contributed by atoms with Crippen LogP contribution in [0.2, 0.25) is 0 Å². The number of piperidine rings is 1. The van der Waals surface area contributed by atoms with E-state index in [0.29, 0.717) is 0 Å². The molecule has 0 atom stereocenters. The fraction of sp³-hybridized carbons (Fsp3) is 0.444. The van der Waals surface area contributed by atoms with Gasteiger partial charge >= 0.3 is 0 Å². The Hall–Kier alpha value is -2.43. The lowest BCUT2D eigenvalue weighted by Crippen LogP contribution is -2.32. The molecule has 1 aliphatic heterocycles. The molecule has 4 nitrogen and oxygen atoms in total. The van der Waals surface area contributed by atoms with Crippen LogP contribution in [0.25, 0.3) is 5.57 Å². The largest absolute Gasteiger partial charge is 0.385 e. The molecular weight excluding hydrogens is 384 g/mol. The Kier molecular flexibility index (Phi) is 8.86. The predicted molar refractivity (Wildman–Crippen MR) is 128 cm³/mol. The molecule has 1 amide bonds. The van der Waals surface area contributed by atoms with Gasteiger partial charge in [0.2, 0.25) is 0 Å². The van der Waals surface area contributed by atoms with E-state index in [1.54, 1.807) is 7.11 Å². The van der Waals surface area contributed by atoms with E-state index >= 15 is 0 Å². The van der Waals surface area contributed by atoms with Crippen molar-refractivity contribution in [1.82, 2.24) is 9.80 Å². The zero-order valence-corrected chi connectivity index (χ0v) is 19.3. The molecule has 1 fully saturated rings. The third kappa shape index (κ3) is 6.05. The van der Waals surface area contributed by atoms with Gasteiger partial charge < -0.3 is 14.5 Å². The van der Waals surface area contributed by atoms with Gasteiger partial charge in [-0.3, -0.25) is 4.79 Å². The Morgan fingerprint density at radius 3 is 2.06 bits per heavy atom. The number of likely N-dealkylation sites (tertiary alicyclic amines) is 1. The summed E-state index contributed by atoms with van der Waals surface area (Å²) in [6.07, 6.45) is 3.25. The second-order valence-corrected chi connectivity index (χ2v) is 8.09. The molecule has 0 aromatic heterocycles. The molecule has 4 heteroatoms. The first kappa shape index (κ1) is 23.2. The van der Waals surface area contributed by atoms with E-state index in [9.17, 15) is 4.79 Å². The van der Waals surface area contributed by atoms with Gasteiger partial charge in [0.15, 0.2) is 0 Å². The van der Waals surface area contributed by atoms with Crippen molar-refractivity contribution in [1.29, 1.82) is 0 Å². The second kappa shape index (κ2) is 11.8. The quantitative estimate of drug-likeness (QED) is 0.529. The van der Waals surface area contributed by atoms with E-state index in [1.807, 2.05) is 30.9 Å². The second-order valence-electron chi connectivity index (χ2n) is 8.09. The Balaban J connectivity index is 1.84. The molecular formula is C27H36N2O2. The zero-order chi connectivity index (χ0) is 22.1. The van der Waals surface area contributed by atoms with Crippen LogP contribution in [0.1, 0.15) is 54.6 Å². The summed E-state index contributed by atoms with van der Waals surface area (Å²) in [4.78, 5) is 17.1. The van der Waals surface area contributed by atoms with Crippen molar-refractivity contribution in [2.24, 2.45) is 0 Å². The number of carbonyl (C=O) groups is 1. The number of benzene rings is 2. The summed E-state index contributed by atoms with van der Waals surface area (Å²) in [6.45, 7) is 9.62. The van der Waals surface area contributed by atoms with E-state index in [4.69, 9.17) is 4.74 Å². The lowest BCUT2D eigenvalue weighted by atomic mass is 9.88. The molecule has 0 saturated carbocycles. The number of amides is 1. The standard InChI is InChI=1S/C27H36N2O2/c1-4-29(5-2)27(30)25-14-12-23(13-15-25)26(22-10-7-6-8-11-22)24-16-19-28(20-17-24)18-9-21-31-3/h6-8,10-15H,4-5,9,16-21H2,1-3H3. The van der Waals surface area contributed by atoms with Crippen LogP contribution in [-0.2, 0) is 4.74 Å². The molecule has 0 bridgehead atoms. The van der Waals surface area contributed by atoms with Gasteiger partial charge in [-0.05, 0) is 61.9 Å². The average Bonchev–Trinajstić information content (AvgIpc) is 2.82. The lowest BCUT2D eigenvalue weighted by Gasteiger charge is -2.30. The third-order valence-electron chi connectivity index (χ3n) is 6.17. The highest BCUT2D eigenvalue weighted by molar-refractivity contribution is 5.95. The molecule has 31 heavy (non-hydrogen) atoms. The first-order valence-corrected chi connectivity index (χ1v) is 11.6. The average molecular weight is 421 g/mol. The summed E-state index contributed by atoms with van der Waals surface area (Å²) in [6, 6.07) is 18.9. The Morgan fingerprint density at radius 1 is 0.903 bits per heavy atom. The summed E-state index contributed by atoms with van der Waals surface area (Å²) in [5, 5.41) is 0. The van der Waals surface area contributed by atoms with Gasteiger partial charge in [-0.15, -0.1) is 0 Å². The van der Waals surface area contributed by atoms with Crippen LogP contribution < -0.4 is 0 Å². The van der Waals surface area contributed by atoms with Crippen LogP contribution in [-0.4, -0.2) is 62.1 Å². The van der Waals surface area contributed by atoms with E-state index in [1.165, 1.54) is 22.3 Å². The lowest BCUT2D eigenvalue weighted by molar-refractivity contribution is 0.0773. The number of hydrogen-bond donors (Lipinski definition) is 0. The molecule has 2 aromatic carbocycles. The number of ether oxygens (including phenoxy) is 1. The molecule has 166 valence electrons. The van der Waals surface area contributed by atoms with Crippen LogP contribution in [0.3, 0.4) is 0 Å². The number of carbonyl (C=O) groups excluding carboxylic acids is 1.